The third kappa shape index (κ3) is 3.39. The van der Waals surface area contributed by atoms with Gasteiger partial charge in [0.2, 0.25) is 5.91 Å². The van der Waals surface area contributed by atoms with Gasteiger partial charge in [0.05, 0.1) is 0 Å². The van der Waals surface area contributed by atoms with E-state index < -0.39 is 0 Å². The van der Waals surface area contributed by atoms with Crippen LogP contribution in [0.2, 0.25) is 0 Å². The van der Waals surface area contributed by atoms with Crippen molar-refractivity contribution in [2.24, 2.45) is 0 Å². The number of carbonyl (C=O) groups is 1. The maximum atomic E-state index is 11.3. The van der Waals surface area contributed by atoms with Gasteiger partial charge in [-0.05, 0) is 24.9 Å². The highest BCUT2D eigenvalue weighted by molar-refractivity contribution is 8.00. The van der Waals surface area contributed by atoms with E-state index in [9.17, 15) is 4.79 Å². The molecule has 2 nitrogen and oxygen atoms in total. The smallest absolute Gasteiger partial charge is 0.220 e. The van der Waals surface area contributed by atoms with Crippen molar-refractivity contribution in [3.05, 3.63) is 0 Å². The van der Waals surface area contributed by atoms with Crippen molar-refractivity contribution in [3.8, 4) is 0 Å². The van der Waals surface area contributed by atoms with E-state index in [1.54, 1.807) is 0 Å². The first-order valence-corrected chi connectivity index (χ1v) is 7.01. The average Bonchev–Trinajstić information content (AvgIpc) is 2.65. The molecule has 1 rings (SSSR count). The van der Waals surface area contributed by atoms with Gasteiger partial charge in [0.25, 0.3) is 0 Å². The van der Waals surface area contributed by atoms with E-state index in [4.69, 9.17) is 0 Å². The molecule has 1 aliphatic rings. The zero-order valence-corrected chi connectivity index (χ0v) is 10.4. The Labute approximate surface area is 96.0 Å². The fourth-order valence-corrected chi connectivity index (χ4v) is 3.04. The molecule has 1 fully saturated rings. The Balaban J connectivity index is 2.30. The predicted octanol–water partition coefficient (Wildman–Crippen LogP) is 2.10. The van der Waals surface area contributed by atoms with E-state index in [1.165, 1.54) is 25.7 Å². The second-order valence-corrected chi connectivity index (χ2v) is 5.57. The summed E-state index contributed by atoms with van der Waals surface area (Å²) in [4.78, 5) is 11.3. The van der Waals surface area contributed by atoms with Crippen LogP contribution in [0.25, 0.3) is 0 Å². The number of hydrogen-bond donors (Lipinski definition) is 2. The second-order valence-electron chi connectivity index (χ2n) is 3.84. The maximum Gasteiger partial charge on any atom is 0.220 e. The normalized spacial score (nSPS) is 19.6. The largest absolute Gasteiger partial charge is 0.355 e. The van der Waals surface area contributed by atoms with Crippen LogP contribution in [0.3, 0.4) is 0 Å². The van der Waals surface area contributed by atoms with Gasteiger partial charge >= 0.3 is 0 Å². The van der Waals surface area contributed by atoms with Gasteiger partial charge in [-0.1, -0.05) is 12.8 Å². The molecule has 1 amide bonds. The molecule has 0 aliphatic heterocycles. The van der Waals surface area contributed by atoms with E-state index in [0.717, 1.165) is 6.54 Å². The van der Waals surface area contributed by atoms with Crippen LogP contribution in [0.4, 0.5) is 0 Å². The number of hydrogen-bond acceptors (Lipinski definition) is 3. The van der Waals surface area contributed by atoms with Gasteiger partial charge in [0.1, 0.15) is 0 Å². The van der Waals surface area contributed by atoms with Crippen molar-refractivity contribution in [3.63, 3.8) is 0 Å². The van der Waals surface area contributed by atoms with Gasteiger partial charge in [-0.2, -0.15) is 24.4 Å². The first kappa shape index (κ1) is 12.2. The molecule has 14 heavy (non-hydrogen) atoms. The number of nitrogens with one attached hydrogen (secondary N) is 1. The van der Waals surface area contributed by atoms with Crippen LogP contribution in [-0.2, 0) is 4.79 Å². The molecule has 1 saturated carbocycles. The predicted molar refractivity (Wildman–Crippen MR) is 66.2 cm³/mol. The first-order valence-electron chi connectivity index (χ1n) is 5.15. The zero-order valence-electron chi connectivity index (χ0n) is 8.71. The van der Waals surface area contributed by atoms with Gasteiger partial charge in [-0.25, -0.2) is 0 Å². The average molecular weight is 233 g/mol. The highest BCUT2D eigenvalue weighted by atomic mass is 32.2. The van der Waals surface area contributed by atoms with Crippen LogP contribution in [0.15, 0.2) is 0 Å². The number of rotatable bonds is 5. The lowest BCUT2D eigenvalue weighted by Crippen LogP contribution is -2.38. The Kier molecular flexibility index (Phi) is 5.17. The Bertz CT molecular complexity index is 191. The molecule has 0 saturated heterocycles. The Morgan fingerprint density at radius 2 is 2.14 bits per heavy atom. The number of thiol groups is 1. The summed E-state index contributed by atoms with van der Waals surface area (Å²) in [6, 6.07) is 0. The fourth-order valence-electron chi connectivity index (χ4n) is 1.92. The molecule has 0 unspecified atom stereocenters. The summed E-state index contributed by atoms with van der Waals surface area (Å²) in [5.74, 6) is 0.776. The maximum absolute atomic E-state index is 11.3. The lowest BCUT2D eigenvalue weighted by molar-refractivity contribution is -0.120. The van der Waals surface area contributed by atoms with Gasteiger partial charge in [-0.3, -0.25) is 4.79 Å². The molecule has 0 spiro atoms. The Morgan fingerprint density at radius 3 is 2.64 bits per heavy atom. The summed E-state index contributed by atoms with van der Waals surface area (Å²) in [6.45, 7) is 0.834. The summed E-state index contributed by atoms with van der Waals surface area (Å²) in [5.41, 5.74) is 0. The summed E-state index contributed by atoms with van der Waals surface area (Å²) >= 11 is 5.95. The summed E-state index contributed by atoms with van der Waals surface area (Å²) in [5, 5.41) is 3.01. The van der Waals surface area contributed by atoms with E-state index in [-0.39, 0.29) is 5.91 Å². The van der Waals surface area contributed by atoms with Gasteiger partial charge < -0.3 is 5.32 Å². The lowest BCUT2D eigenvalue weighted by Gasteiger charge is -2.26. The number of thioether (sulfide) groups is 1. The zero-order chi connectivity index (χ0) is 10.4. The van der Waals surface area contributed by atoms with Crippen LogP contribution in [0, 0.1) is 0 Å². The number of carbonyl (C=O) groups excluding carboxylic acids is 1. The van der Waals surface area contributed by atoms with Crippen molar-refractivity contribution in [2.75, 3.05) is 18.6 Å². The van der Waals surface area contributed by atoms with E-state index in [2.05, 4.69) is 24.2 Å². The van der Waals surface area contributed by atoms with Crippen LogP contribution < -0.4 is 5.32 Å². The Morgan fingerprint density at radius 1 is 1.50 bits per heavy atom. The molecule has 0 aromatic heterocycles. The quantitative estimate of drug-likeness (QED) is 0.712. The molecule has 1 N–H and O–H groups in total. The molecule has 0 radical (unpaired) electrons. The molecule has 0 aromatic rings. The van der Waals surface area contributed by atoms with Crippen LogP contribution in [0.5, 0.6) is 0 Å². The highest BCUT2D eigenvalue weighted by Gasteiger charge is 2.32. The van der Waals surface area contributed by atoms with Crippen molar-refractivity contribution < 1.29 is 4.79 Å². The van der Waals surface area contributed by atoms with Crippen LogP contribution in [0.1, 0.15) is 32.1 Å². The van der Waals surface area contributed by atoms with Gasteiger partial charge in [-0.15, -0.1) is 0 Å². The molecular weight excluding hydrogens is 214 g/mol. The van der Waals surface area contributed by atoms with Crippen molar-refractivity contribution in [2.45, 2.75) is 36.9 Å². The van der Waals surface area contributed by atoms with Crippen molar-refractivity contribution in [1.29, 1.82) is 0 Å². The molecule has 0 heterocycles. The standard InChI is InChI=1S/C10H19NOS2/c1-14-10(5-2-3-6-10)8-11-9(12)4-7-13/h13H,2-8H2,1H3,(H,11,12). The molecule has 0 aromatic carbocycles. The molecule has 1 aliphatic carbocycles. The van der Waals surface area contributed by atoms with Crippen molar-refractivity contribution in [1.82, 2.24) is 5.32 Å². The monoisotopic (exact) mass is 233 g/mol. The molecule has 0 bridgehead atoms. The summed E-state index contributed by atoms with van der Waals surface area (Å²) in [6.07, 6.45) is 7.79. The van der Waals surface area contributed by atoms with E-state index >= 15 is 0 Å². The number of amides is 1. The lowest BCUT2D eigenvalue weighted by atomic mass is 10.1. The summed E-state index contributed by atoms with van der Waals surface area (Å²) < 4.78 is 0.326. The minimum atomic E-state index is 0.139. The molecule has 4 heteroatoms. The summed E-state index contributed by atoms with van der Waals surface area (Å²) in [7, 11) is 0. The van der Waals surface area contributed by atoms with Gasteiger partial charge in [0.15, 0.2) is 0 Å². The SMILES string of the molecule is CSC1(CNC(=O)CCS)CCCC1. The minimum absolute atomic E-state index is 0.139. The molecular formula is C10H19NOS2. The first-order chi connectivity index (χ1) is 6.72. The van der Waals surface area contributed by atoms with E-state index in [0.29, 0.717) is 16.9 Å². The minimum Gasteiger partial charge on any atom is -0.355 e. The third-order valence-corrected chi connectivity index (χ3v) is 4.54. The van der Waals surface area contributed by atoms with Crippen molar-refractivity contribution >= 4 is 30.3 Å². The third-order valence-electron chi connectivity index (χ3n) is 2.89. The van der Waals surface area contributed by atoms with Crippen LogP contribution in [-0.4, -0.2) is 29.2 Å². The Hall–Kier alpha value is 0.170. The second kappa shape index (κ2) is 5.91. The highest BCUT2D eigenvalue weighted by Crippen LogP contribution is 2.39. The molecule has 0 atom stereocenters. The van der Waals surface area contributed by atoms with E-state index in [1.807, 2.05) is 11.8 Å². The fraction of sp³-hybridized carbons (Fsp3) is 0.900. The molecule has 82 valence electrons. The topological polar surface area (TPSA) is 29.1 Å². The van der Waals surface area contributed by atoms with Gasteiger partial charge in [0, 0.05) is 17.7 Å². The van der Waals surface area contributed by atoms with Crippen LogP contribution >= 0.6 is 24.4 Å².